The van der Waals surface area contributed by atoms with Crippen molar-refractivity contribution in [3.63, 3.8) is 0 Å². The lowest BCUT2D eigenvalue weighted by molar-refractivity contribution is 0.395. The van der Waals surface area contributed by atoms with Crippen LogP contribution in [0.25, 0.3) is 10.6 Å². The van der Waals surface area contributed by atoms with Crippen LogP contribution < -0.4 is 14.2 Å². The molecule has 2 heterocycles. The minimum Gasteiger partial charge on any atom is -0.497 e. The van der Waals surface area contributed by atoms with E-state index < -0.39 is 10.0 Å². The summed E-state index contributed by atoms with van der Waals surface area (Å²) in [5, 5.41) is 0. The van der Waals surface area contributed by atoms with Crippen LogP contribution >= 0.6 is 11.3 Å². The first-order valence-electron chi connectivity index (χ1n) is 7.20. The molecule has 3 aromatic rings. The molecule has 9 heteroatoms. The molecule has 132 valence electrons. The van der Waals surface area contributed by atoms with Crippen molar-refractivity contribution in [2.75, 3.05) is 18.9 Å². The third-order valence-corrected chi connectivity index (χ3v) is 6.32. The number of anilines is 1. The SMILES string of the molecule is COc1ccc(NS(=O)(=O)c2ccc(-c3cnc(C)o3)s2)c(OC)c1. The Kier molecular flexibility index (Phi) is 4.69. The van der Waals surface area contributed by atoms with Crippen molar-refractivity contribution in [3.05, 3.63) is 42.4 Å². The summed E-state index contributed by atoms with van der Waals surface area (Å²) >= 11 is 1.10. The first-order valence-corrected chi connectivity index (χ1v) is 9.50. The van der Waals surface area contributed by atoms with Crippen molar-refractivity contribution >= 4 is 27.0 Å². The summed E-state index contributed by atoms with van der Waals surface area (Å²) in [7, 11) is -0.775. The van der Waals surface area contributed by atoms with Gasteiger partial charge in [0.25, 0.3) is 10.0 Å². The van der Waals surface area contributed by atoms with E-state index in [1.165, 1.54) is 20.3 Å². The summed E-state index contributed by atoms with van der Waals surface area (Å²) in [5.41, 5.74) is 0.328. The molecular weight excluding hydrogens is 364 g/mol. The second-order valence-electron chi connectivity index (χ2n) is 5.03. The Morgan fingerprint density at radius 2 is 1.96 bits per heavy atom. The molecular formula is C16H16N2O5S2. The van der Waals surface area contributed by atoms with Gasteiger partial charge in [-0.05, 0) is 24.3 Å². The molecule has 0 aliphatic carbocycles. The predicted octanol–water partition coefficient (Wildman–Crippen LogP) is 3.53. The molecule has 1 N–H and O–H groups in total. The molecule has 0 bridgehead atoms. The third kappa shape index (κ3) is 3.62. The van der Waals surface area contributed by atoms with Gasteiger partial charge in [0.1, 0.15) is 15.7 Å². The average Bonchev–Trinajstić information content (AvgIpc) is 3.24. The van der Waals surface area contributed by atoms with Gasteiger partial charge >= 0.3 is 0 Å². The minimum absolute atomic E-state index is 0.162. The van der Waals surface area contributed by atoms with Crippen LogP contribution in [0.1, 0.15) is 5.89 Å². The van der Waals surface area contributed by atoms with E-state index in [4.69, 9.17) is 13.9 Å². The summed E-state index contributed by atoms with van der Waals surface area (Å²) in [6.07, 6.45) is 1.57. The Morgan fingerprint density at radius 3 is 2.60 bits per heavy atom. The van der Waals surface area contributed by atoms with Crippen LogP contribution in [-0.2, 0) is 10.0 Å². The van der Waals surface area contributed by atoms with Crippen molar-refractivity contribution in [3.8, 4) is 22.1 Å². The molecule has 0 atom stereocenters. The zero-order valence-electron chi connectivity index (χ0n) is 13.8. The molecule has 0 spiro atoms. The topological polar surface area (TPSA) is 90.7 Å². The largest absolute Gasteiger partial charge is 0.497 e. The number of aryl methyl sites for hydroxylation is 1. The van der Waals surface area contributed by atoms with E-state index in [1.807, 2.05) is 0 Å². The molecule has 0 fully saturated rings. The normalized spacial score (nSPS) is 11.3. The second kappa shape index (κ2) is 6.77. The van der Waals surface area contributed by atoms with E-state index in [9.17, 15) is 8.42 Å². The van der Waals surface area contributed by atoms with Crippen LogP contribution in [0.4, 0.5) is 5.69 Å². The van der Waals surface area contributed by atoms with Crippen molar-refractivity contribution in [2.45, 2.75) is 11.1 Å². The Balaban J connectivity index is 1.89. The maximum Gasteiger partial charge on any atom is 0.271 e. The molecule has 2 aromatic heterocycles. The van der Waals surface area contributed by atoms with Gasteiger partial charge in [0.05, 0.1) is 31.0 Å². The van der Waals surface area contributed by atoms with Gasteiger partial charge in [0.15, 0.2) is 11.7 Å². The van der Waals surface area contributed by atoms with Crippen molar-refractivity contribution in [1.82, 2.24) is 4.98 Å². The Hall–Kier alpha value is -2.52. The molecule has 0 aliphatic rings. The fourth-order valence-electron chi connectivity index (χ4n) is 2.15. The van der Waals surface area contributed by atoms with E-state index in [-0.39, 0.29) is 4.21 Å². The number of benzene rings is 1. The fraction of sp³-hybridized carbons (Fsp3) is 0.188. The zero-order valence-corrected chi connectivity index (χ0v) is 15.4. The zero-order chi connectivity index (χ0) is 18.0. The first-order chi connectivity index (χ1) is 11.9. The van der Waals surface area contributed by atoms with Crippen molar-refractivity contribution in [2.24, 2.45) is 0 Å². The number of nitrogens with one attached hydrogen (secondary N) is 1. The summed E-state index contributed by atoms with van der Waals surface area (Å²) in [4.78, 5) is 4.70. The number of thiophene rings is 1. The van der Waals surface area contributed by atoms with Crippen LogP contribution in [0.2, 0.25) is 0 Å². The van der Waals surface area contributed by atoms with Gasteiger partial charge in [-0.1, -0.05) is 0 Å². The monoisotopic (exact) mass is 380 g/mol. The maximum atomic E-state index is 12.6. The highest BCUT2D eigenvalue weighted by molar-refractivity contribution is 7.94. The highest BCUT2D eigenvalue weighted by Crippen LogP contribution is 2.34. The molecule has 3 rings (SSSR count). The number of nitrogens with zero attached hydrogens (tertiary/aromatic N) is 1. The van der Waals surface area contributed by atoms with Gasteiger partial charge < -0.3 is 13.9 Å². The van der Waals surface area contributed by atoms with Crippen LogP contribution in [0.15, 0.2) is 45.2 Å². The van der Waals surface area contributed by atoms with E-state index in [0.29, 0.717) is 33.7 Å². The molecule has 0 amide bonds. The lowest BCUT2D eigenvalue weighted by Gasteiger charge is -2.12. The third-order valence-electron chi connectivity index (χ3n) is 3.36. The quantitative estimate of drug-likeness (QED) is 0.703. The predicted molar refractivity (Wildman–Crippen MR) is 94.9 cm³/mol. The average molecular weight is 380 g/mol. The standard InChI is InChI=1S/C16H16N2O5S2/c1-10-17-9-14(23-10)15-6-7-16(24-15)25(19,20)18-12-5-4-11(21-2)8-13(12)22-3/h4-9,18H,1-3H3. The lowest BCUT2D eigenvalue weighted by Crippen LogP contribution is -2.12. The number of ether oxygens (including phenoxy) is 2. The molecule has 0 aliphatic heterocycles. The molecule has 1 aromatic carbocycles. The summed E-state index contributed by atoms with van der Waals surface area (Å²) < 4.78 is 43.7. The summed E-state index contributed by atoms with van der Waals surface area (Å²) in [6, 6.07) is 8.05. The molecule has 0 radical (unpaired) electrons. The number of oxazole rings is 1. The Bertz CT molecular complexity index is 992. The number of aromatic nitrogens is 1. The van der Waals surface area contributed by atoms with Gasteiger partial charge in [0.2, 0.25) is 0 Å². The van der Waals surface area contributed by atoms with Gasteiger partial charge in [-0.2, -0.15) is 0 Å². The van der Waals surface area contributed by atoms with Crippen LogP contribution in [-0.4, -0.2) is 27.6 Å². The van der Waals surface area contributed by atoms with Crippen molar-refractivity contribution in [1.29, 1.82) is 0 Å². The maximum absolute atomic E-state index is 12.6. The lowest BCUT2D eigenvalue weighted by atomic mass is 10.3. The Labute approximate surface area is 149 Å². The molecule has 0 saturated carbocycles. The number of hydrogen-bond acceptors (Lipinski definition) is 7. The highest BCUT2D eigenvalue weighted by Gasteiger charge is 2.20. The summed E-state index contributed by atoms with van der Waals surface area (Å²) in [6.45, 7) is 1.73. The summed E-state index contributed by atoms with van der Waals surface area (Å²) in [5.74, 6) is 1.99. The highest BCUT2D eigenvalue weighted by atomic mass is 32.2. The van der Waals surface area contributed by atoms with Crippen LogP contribution in [0.5, 0.6) is 11.5 Å². The molecule has 0 saturated heterocycles. The smallest absolute Gasteiger partial charge is 0.271 e. The Morgan fingerprint density at radius 1 is 1.16 bits per heavy atom. The van der Waals surface area contributed by atoms with Gasteiger partial charge in [-0.3, -0.25) is 4.72 Å². The van der Waals surface area contributed by atoms with Crippen molar-refractivity contribution < 1.29 is 22.3 Å². The van der Waals surface area contributed by atoms with Gasteiger partial charge in [0, 0.05) is 13.0 Å². The number of hydrogen-bond donors (Lipinski definition) is 1. The fourth-order valence-corrected chi connectivity index (χ4v) is 4.47. The minimum atomic E-state index is -3.76. The van der Waals surface area contributed by atoms with Gasteiger partial charge in [-0.15, -0.1) is 11.3 Å². The number of rotatable bonds is 6. The molecule has 7 nitrogen and oxygen atoms in total. The second-order valence-corrected chi connectivity index (χ2v) is 8.03. The molecule has 25 heavy (non-hydrogen) atoms. The first kappa shape index (κ1) is 17.3. The van der Waals surface area contributed by atoms with E-state index in [0.717, 1.165) is 11.3 Å². The van der Waals surface area contributed by atoms with Crippen LogP contribution in [0, 0.1) is 6.92 Å². The van der Waals surface area contributed by atoms with E-state index in [2.05, 4.69) is 9.71 Å². The molecule has 0 unspecified atom stereocenters. The van der Waals surface area contributed by atoms with E-state index >= 15 is 0 Å². The number of sulfonamides is 1. The van der Waals surface area contributed by atoms with Gasteiger partial charge in [-0.25, -0.2) is 13.4 Å². The number of methoxy groups -OCH3 is 2. The van der Waals surface area contributed by atoms with Crippen LogP contribution in [0.3, 0.4) is 0 Å². The van der Waals surface area contributed by atoms with E-state index in [1.54, 1.807) is 37.4 Å².